The minimum Gasteiger partial charge on any atom is -0.477 e. The second kappa shape index (κ2) is 7.55. The van der Waals surface area contributed by atoms with Crippen LogP contribution >= 0.6 is 15.9 Å². The topological polar surface area (TPSA) is 66.3 Å². The van der Waals surface area contributed by atoms with Crippen LogP contribution in [-0.2, 0) is 6.42 Å². The van der Waals surface area contributed by atoms with E-state index in [1.165, 1.54) is 11.6 Å². The Hall–Kier alpha value is -1.95. The monoisotopic (exact) mass is 377 g/mol. The van der Waals surface area contributed by atoms with E-state index in [4.69, 9.17) is 0 Å². The number of hydrogen-bond donors (Lipinski definition) is 1. The lowest BCUT2D eigenvalue weighted by Crippen LogP contribution is -2.21. The van der Waals surface area contributed by atoms with Crippen molar-refractivity contribution < 1.29 is 9.90 Å². The van der Waals surface area contributed by atoms with Gasteiger partial charge in [0.1, 0.15) is 0 Å². The predicted octanol–water partition coefficient (Wildman–Crippen LogP) is 4.36. The quantitative estimate of drug-likeness (QED) is 0.809. The number of carboxylic acids is 1. The Bertz CT molecular complexity index is 719. The molecule has 0 aliphatic carbocycles. The zero-order valence-electron chi connectivity index (χ0n) is 13.5. The van der Waals surface area contributed by atoms with Gasteiger partial charge in [0.15, 0.2) is 5.69 Å². The summed E-state index contributed by atoms with van der Waals surface area (Å²) in [7, 11) is 0. The maximum absolute atomic E-state index is 11.2. The van der Waals surface area contributed by atoms with E-state index in [0.29, 0.717) is 18.2 Å². The number of aromatic carboxylic acids is 1. The molecule has 0 bridgehead atoms. The fourth-order valence-corrected chi connectivity index (χ4v) is 3.06. The van der Waals surface area contributed by atoms with Gasteiger partial charge in [0.2, 0.25) is 5.95 Å². The molecule has 1 aromatic carbocycles. The lowest BCUT2D eigenvalue weighted by Gasteiger charge is -2.23. The molecule has 1 aromatic heterocycles. The average molecular weight is 378 g/mol. The van der Waals surface area contributed by atoms with Crippen molar-refractivity contribution >= 4 is 33.5 Å². The van der Waals surface area contributed by atoms with Crippen LogP contribution in [0, 0.1) is 6.92 Å². The molecular weight excluding hydrogens is 358 g/mol. The first kappa shape index (κ1) is 17.4. The highest BCUT2D eigenvalue weighted by atomic mass is 79.9. The molecule has 0 radical (unpaired) electrons. The van der Waals surface area contributed by atoms with Crippen LogP contribution in [-0.4, -0.2) is 27.6 Å². The van der Waals surface area contributed by atoms with Crippen LogP contribution in [0.4, 0.5) is 11.6 Å². The van der Waals surface area contributed by atoms with Gasteiger partial charge < -0.3 is 10.0 Å². The van der Waals surface area contributed by atoms with Gasteiger partial charge in [-0.25, -0.2) is 14.8 Å². The van der Waals surface area contributed by atoms with Gasteiger partial charge in [0.05, 0.1) is 5.69 Å². The van der Waals surface area contributed by atoms with E-state index >= 15 is 0 Å². The summed E-state index contributed by atoms with van der Waals surface area (Å²) >= 11 is 3.61. The molecule has 6 heteroatoms. The molecule has 2 rings (SSSR count). The Kier molecular flexibility index (Phi) is 5.71. The number of anilines is 2. The molecule has 122 valence electrons. The van der Waals surface area contributed by atoms with Crippen molar-refractivity contribution in [1.82, 2.24) is 9.97 Å². The predicted molar refractivity (Wildman–Crippen MR) is 94.5 cm³/mol. The maximum atomic E-state index is 11.2. The summed E-state index contributed by atoms with van der Waals surface area (Å²) in [5.74, 6) is -0.654. The number of nitrogens with zero attached hydrogens (tertiary/aromatic N) is 3. The first-order valence-electron chi connectivity index (χ1n) is 7.61. The lowest BCUT2D eigenvalue weighted by molar-refractivity contribution is 0.0690. The van der Waals surface area contributed by atoms with Crippen molar-refractivity contribution in [3.05, 3.63) is 45.7 Å². The minimum absolute atomic E-state index is 0.00433. The second-order valence-corrected chi connectivity index (χ2v) is 6.13. The van der Waals surface area contributed by atoms with E-state index in [1.54, 1.807) is 6.92 Å². The van der Waals surface area contributed by atoms with E-state index in [0.717, 1.165) is 23.0 Å². The smallest absolute Gasteiger partial charge is 0.354 e. The number of carbonyl (C=O) groups is 1. The Morgan fingerprint density at radius 3 is 2.57 bits per heavy atom. The lowest BCUT2D eigenvalue weighted by atomic mass is 10.1. The number of aromatic nitrogens is 2. The molecule has 0 amide bonds. The summed E-state index contributed by atoms with van der Waals surface area (Å²) < 4.78 is 0.951. The minimum atomic E-state index is -1.05. The molecule has 0 saturated heterocycles. The van der Waals surface area contributed by atoms with Gasteiger partial charge >= 0.3 is 5.97 Å². The molecule has 1 N–H and O–H groups in total. The van der Waals surface area contributed by atoms with Gasteiger partial charge in [-0.15, -0.1) is 0 Å². The highest BCUT2D eigenvalue weighted by Crippen LogP contribution is 2.31. The van der Waals surface area contributed by atoms with Crippen molar-refractivity contribution in [3.8, 4) is 0 Å². The Morgan fingerprint density at radius 2 is 2.00 bits per heavy atom. The van der Waals surface area contributed by atoms with Crippen LogP contribution in [0.1, 0.15) is 42.0 Å². The summed E-state index contributed by atoms with van der Waals surface area (Å²) in [6.07, 6.45) is 2.11. The fourth-order valence-electron chi connectivity index (χ4n) is 2.42. The third-order valence-corrected chi connectivity index (χ3v) is 4.10. The van der Waals surface area contributed by atoms with Gasteiger partial charge in [-0.2, -0.15) is 0 Å². The molecule has 0 aliphatic heterocycles. The molecule has 0 atom stereocenters. The van der Waals surface area contributed by atoms with Crippen LogP contribution in [0.2, 0.25) is 0 Å². The van der Waals surface area contributed by atoms with Crippen LogP contribution in [0.3, 0.4) is 0 Å². The van der Waals surface area contributed by atoms with Crippen LogP contribution in [0.25, 0.3) is 0 Å². The maximum Gasteiger partial charge on any atom is 0.354 e. The van der Waals surface area contributed by atoms with Crippen LogP contribution < -0.4 is 4.90 Å². The Balaban J connectivity index is 2.46. The van der Waals surface area contributed by atoms with Crippen LogP contribution in [0.15, 0.2) is 28.7 Å². The largest absolute Gasteiger partial charge is 0.477 e. The summed E-state index contributed by atoms with van der Waals surface area (Å²) in [4.78, 5) is 21.7. The summed E-state index contributed by atoms with van der Waals surface area (Å²) in [6.45, 7) is 6.53. The molecular formula is C17H20BrN3O2. The third-order valence-electron chi connectivity index (χ3n) is 3.46. The number of carboxylic acid groups (broad SMARTS) is 1. The van der Waals surface area contributed by atoms with Crippen molar-refractivity contribution in [2.75, 3.05) is 11.4 Å². The Labute approximate surface area is 144 Å². The van der Waals surface area contributed by atoms with Crippen molar-refractivity contribution in [2.45, 2.75) is 33.6 Å². The molecule has 2 aromatic rings. The number of benzene rings is 1. The molecule has 0 aliphatic rings. The van der Waals surface area contributed by atoms with Crippen molar-refractivity contribution in [3.63, 3.8) is 0 Å². The SMILES string of the molecule is CCCc1ccc(N(CC)c2nc(C)cc(C(=O)O)n2)c(Br)c1. The molecule has 23 heavy (non-hydrogen) atoms. The number of aryl methyl sites for hydroxylation is 2. The van der Waals surface area contributed by atoms with E-state index in [1.807, 2.05) is 17.9 Å². The highest BCUT2D eigenvalue weighted by Gasteiger charge is 2.17. The van der Waals surface area contributed by atoms with E-state index in [9.17, 15) is 9.90 Å². The Morgan fingerprint density at radius 1 is 1.26 bits per heavy atom. The molecule has 0 fully saturated rings. The highest BCUT2D eigenvalue weighted by molar-refractivity contribution is 9.10. The molecule has 0 unspecified atom stereocenters. The molecule has 5 nitrogen and oxygen atoms in total. The number of halogens is 1. The third kappa shape index (κ3) is 4.07. The van der Waals surface area contributed by atoms with Crippen molar-refractivity contribution in [2.24, 2.45) is 0 Å². The van der Waals surface area contributed by atoms with Gasteiger partial charge in [-0.05, 0) is 60.0 Å². The van der Waals surface area contributed by atoms with E-state index < -0.39 is 5.97 Å². The zero-order chi connectivity index (χ0) is 17.0. The molecule has 1 heterocycles. The van der Waals surface area contributed by atoms with Crippen LogP contribution in [0.5, 0.6) is 0 Å². The number of hydrogen-bond acceptors (Lipinski definition) is 4. The van der Waals surface area contributed by atoms with Gasteiger partial charge in [-0.1, -0.05) is 19.4 Å². The van der Waals surface area contributed by atoms with Gasteiger partial charge in [0.25, 0.3) is 0 Å². The fraction of sp³-hybridized carbons (Fsp3) is 0.353. The summed E-state index contributed by atoms with van der Waals surface area (Å²) in [5, 5.41) is 9.19. The van der Waals surface area contributed by atoms with Gasteiger partial charge in [-0.3, -0.25) is 0 Å². The first-order valence-corrected chi connectivity index (χ1v) is 8.40. The van der Waals surface area contributed by atoms with E-state index in [-0.39, 0.29) is 5.69 Å². The molecule has 0 spiro atoms. The second-order valence-electron chi connectivity index (χ2n) is 5.28. The van der Waals surface area contributed by atoms with E-state index in [2.05, 4.69) is 45.0 Å². The van der Waals surface area contributed by atoms with Crippen molar-refractivity contribution in [1.29, 1.82) is 0 Å². The summed E-state index contributed by atoms with van der Waals surface area (Å²) in [5.41, 5.74) is 2.82. The summed E-state index contributed by atoms with van der Waals surface area (Å²) in [6, 6.07) is 7.67. The van der Waals surface area contributed by atoms with Gasteiger partial charge in [0, 0.05) is 16.7 Å². The average Bonchev–Trinajstić information content (AvgIpc) is 2.50. The zero-order valence-corrected chi connectivity index (χ0v) is 15.1. The molecule has 0 saturated carbocycles. The normalized spacial score (nSPS) is 10.6. The number of rotatable bonds is 6. The standard InChI is InChI=1S/C17H20BrN3O2/c1-4-6-12-7-8-15(13(18)10-12)21(5-2)17-19-11(3)9-14(20-17)16(22)23/h7-10H,4-6H2,1-3H3,(H,22,23). The first-order chi connectivity index (χ1) is 11.0.